The molecule has 0 atom stereocenters. The zero-order chi connectivity index (χ0) is 18.1. The van der Waals surface area contributed by atoms with Crippen LogP contribution in [0.1, 0.15) is 30.0 Å². The maximum absolute atomic E-state index is 11.3. The second-order valence-corrected chi connectivity index (χ2v) is 4.91. The van der Waals surface area contributed by atoms with E-state index in [0.29, 0.717) is 56.0 Å². The summed E-state index contributed by atoms with van der Waals surface area (Å²) in [5.74, 6) is 0.904. The number of H-pyrrole nitrogens is 1. The molecule has 2 rings (SSSR count). The van der Waals surface area contributed by atoms with Crippen molar-refractivity contribution in [2.75, 3.05) is 31.7 Å². The van der Waals surface area contributed by atoms with E-state index in [1.54, 1.807) is 12.3 Å². The van der Waals surface area contributed by atoms with E-state index in [-0.39, 0.29) is 5.69 Å². The molecule has 0 aliphatic rings. The van der Waals surface area contributed by atoms with Gasteiger partial charge < -0.3 is 30.2 Å². The van der Waals surface area contributed by atoms with Gasteiger partial charge in [-0.25, -0.2) is 4.98 Å². The molecule has 2 aromatic rings. The zero-order valence-electron chi connectivity index (χ0n) is 14.4. The Morgan fingerprint density at radius 1 is 1.24 bits per heavy atom. The highest BCUT2D eigenvalue weighted by molar-refractivity contribution is 5.95. The molecule has 9 heteroatoms. The molecule has 0 aliphatic heterocycles. The van der Waals surface area contributed by atoms with Gasteiger partial charge in [-0.1, -0.05) is 0 Å². The number of rotatable bonds is 11. The summed E-state index contributed by atoms with van der Waals surface area (Å²) in [6.45, 7) is 6.12. The van der Waals surface area contributed by atoms with Crippen molar-refractivity contribution in [3.05, 3.63) is 30.0 Å². The van der Waals surface area contributed by atoms with Crippen LogP contribution in [0.2, 0.25) is 0 Å². The molecule has 9 nitrogen and oxygen atoms in total. The highest BCUT2D eigenvalue weighted by Gasteiger charge is 2.15. The summed E-state index contributed by atoms with van der Waals surface area (Å²) < 4.78 is 16.7. The summed E-state index contributed by atoms with van der Waals surface area (Å²) in [4.78, 5) is 22.4. The number of imidazole rings is 1. The predicted molar refractivity (Wildman–Crippen MR) is 91.8 cm³/mol. The van der Waals surface area contributed by atoms with Gasteiger partial charge in [0, 0.05) is 18.9 Å². The summed E-state index contributed by atoms with van der Waals surface area (Å²) >= 11 is 0. The number of aromatic amines is 1. The number of carbonyl (C=O) groups is 1. The van der Waals surface area contributed by atoms with E-state index in [2.05, 4.69) is 20.3 Å². The molecule has 25 heavy (non-hydrogen) atoms. The quantitative estimate of drug-likeness (QED) is 0.523. The van der Waals surface area contributed by atoms with Crippen molar-refractivity contribution in [1.82, 2.24) is 15.0 Å². The number of nitrogens with one attached hydrogen (secondary N) is 2. The van der Waals surface area contributed by atoms with Crippen molar-refractivity contribution in [3.63, 3.8) is 0 Å². The third-order valence-corrected chi connectivity index (χ3v) is 3.23. The maximum atomic E-state index is 11.3. The van der Waals surface area contributed by atoms with Crippen molar-refractivity contribution in [3.8, 4) is 11.5 Å². The fourth-order valence-electron chi connectivity index (χ4n) is 2.15. The Morgan fingerprint density at radius 3 is 2.80 bits per heavy atom. The van der Waals surface area contributed by atoms with E-state index >= 15 is 0 Å². The smallest absolute Gasteiger partial charge is 0.269 e. The highest BCUT2D eigenvalue weighted by Crippen LogP contribution is 2.30. The first-order chi connectivity index (χ1) is 12.2. The van der Waals surface area contributed by atoms with E-state index in [4.69, 9.17) is 19.9 Å². The third kappa shape index (κ3) is 5.08. The average Bonchev–Trinajstić information content (AvgIpc) is 3.07. The molecule has 0 spiro atoms. The summed E-state index contributed by atoms with van der Waals surface area (Å²) in [6, 6.07) is 1.74. The Morgan fingerprint density at radius 2 is 2.08 bits per heavy atom. The van der Waals surface area contributed by atoms with Crippen molar-refractivity contribution in [2.24, 2.45) is 5.73 Å². The SMILES string of the molecule is CCOCCOc1ccnc(CNc2nc[nH]c2C(N)=O)c1OCC. The number of carbonyl (C=O) groups excluding carboxylic acids is 1. The van der Waals surface area contributed by atoms with Crippen LogP contribution in [0.15, 0.2) is 18.6 Å². The van der Waals surface area contributed by atoms with Crippen LogP contribution in [0.25, 0.3) is 0 Å². The lowest BCUT2D eigenvalue weighted by Gasteiger charge is -2.15. The number of aromatic nitrogens is 3. The molecular weight excluding hydrogens is 326 g/mol. The van der Waals surface area contributed by atoms with Crippen LogP contribution in [-0.4, -0.2) is 47.3 Å². The Balaban J connectivity index is 2.10. The number of ether oxygens (including phenoxy) is 3. The zero-order valence-corrected chi connectivity index (χ0v) is 14.4. The van der Waals surface area contributed by atoms with Crippen LogP contribution in [-0.2, 0) is 11.3 Å². The summed E-state index contributed by atoms with van der Waals surface area (Å²) in [5.41, 5.74) is 6.13. The molecule has 0 aliphatic carbocycles. The molecule has 2 heterocycles. The Kier molecular flexibility index (Phi) is 7.02. The molecular formula is C16H23N5O4. The minimum absolute atomic E-state index is 0.210. The van der Waals surface area contributed by atoms with Gasteiger partial charge >= 0.3 is 0 Å². The third-order valence-electron chi connectivity index (χ3n) is 3.23. The number of anilines is 1. The van der Waals surface area contributed by atoms with Crippen LogP contribution in [0.4, 0.5) is 5.82 Å². The molecule has 0 aromatic carbocycles. The van der Waals surface area contributed by atoms with Crippen molar-refractivity contribution in [1.29, 1.82) is 0 Å². The van der Waals surface area contributed by atoms with Crippen molar-refractivity contribution < 1.29 is 19.0 Å². The van der Waals surface area contributed by atoms with Crippen LogP contribution in [0, 0.1) is 0 Å². The van der Waals surface area contributed by atoms with Crippen LogP contribution < -0.4 is 20.5 Å². The van der Waals surface area contributed by atoms with Gasteiger partial charge in [-0.2, -0.15) is 0 Å². The van der Waals surface area contributed by atoms with Crippen molar-refractivity contribution >= 4 is 11.7 Å². The fraction of sp³-hybridized carbons (Fsp3) is 0.438. The van der Waals surface area contributed by atoms with Gasteiger partial charge in [-0.05, 0) is 13.8 Å². The molecule has 0 fully saturated rings. The normalized spacial score (nSPS) is 10.5. The van der Waals surface area contributed by atoms with Gasteiger partial charge in [0.2, 0.25) is 0 Å². The predicted octanol–water partition coefficient (Wildman–Crippen LogP) is 1.33. The van der Waals surface area contributed by atoms with Gasteiger partial charge in [0.25, 0.3) is 5.91 Å². The van der Waals surface area contributed by atoms with Gasteiger partial charge in [0.15, 0.2) is 17.3 Å². The average molecular weight is 349 g/mol. The molecule has 0 bridgehead atoms. The number of nitrogens with zero attached hydrogens (tertiary/aromatic N) is 2. The topological polar surface area (TPSA) is 124 Å². The van der Waals surface area contributed by atoms with Crippen LogP contribution in [0.3, 0.4) is 0 Å². The minimum atomic E-state index is -0.592. The lowest BCUT2D eigenvalue weighted by atomic mass is 10.3. The number of hydrogen-bond acceptors (Lipinski definition) is 7. The second kappa shape index (κ2) is 9.48. The van der Waals surface area contributed by atoms with E-state index in [1.165, 1.54) is 6.33 Å². The van der Waals surface area contributed by atoms with Gasteiger partial charge in [0.05, 0.1) is 26.1 Å². The monoisotopic (exact) mass is 349 g/mol. The fourth-order valence-corrected chi connectivity index (χ4v) is 2.15. The lowest BCUT2D eigenvalue weighted by Crippen LogP contribution is -2.15. The molecule has 2 aromatic heterocycles. The van der Waals surface area contributed by atoms with Crippen LogP contribution >= 0.6 is 0 Å². The first-order valence-corrected chi connectivity index (χ1v) is 8.05. The maximum Gasteiger partial charge on any atom is 0.269 e. The van der Waals surface area contributed by atoms with Gasteiger partial charge in [0.1, 0.15) is 18.0 Å². The standard InChI is InChI=1S/C16H23N5O4/c1-3-23-7-8-25-12-5-6-18-11(14(12)24-4-2)9-19-16-13(15(17)22)20-10-21-16/h5-6,10,19H,3-4,7-9H2,1-2H3,(H2,17,22)(H,20,21). The number of amides is 1. The van der Waals surface area contributed by atoms with Gasteiger partial charge in [-0.3, -0.25) is 9.78 Å². The number of primary amides is 1. The first kappa shape index (κ1) is 18.5. The largest absolute Gasteiger partial charge is 0.488 e. The Hall–Kier alpha value is -2.81. The summed E-state index contributed by atoms with van der Waals surface area (Å²) in [7, 11) is 0. The number of nitrogens with two attached hydrogens (primary N) is 1. The van der Waals surface area contributed by atoms with Crippen LogP contribution in [0.5, 0.6) is 11.5 Å². The van der Waals surface area contributed by atoms with E-state index in [1.807, 2.05) is 13.8 Å². The molecule has 4 N–H and O–H groups in total. The second-order valence-electron chi connectivity index (χ2n) is 4.91. The number of pyridine rings is 1. The molecule has 136 valence electrons. The van der Waals surface area contributed by atoms with Gasteiger partial charge in [-0.15, -0.1) is 0 Å². The Bertz CT molecular complexity index is 689. The number of hydrogen-bond donors (Lipinski definition) is 3. The molecule has 0 saturated carbocycles. The summed E-state index contributed by atoms with van der Waals surface area (Å²) in [6.07, 6.45) is 3.03. The molecule has 0 unspecified atom stereocenters. The Labute approximate surface area is 145 Å². The first-order valence-electron chi connectivity index (χ1n) is 8.05. The van der Waals surface area contributed by atoms with E-state index < -0.39 is 5.91 Å². The molecule has 1 amide bonds. The lowest BCUT2D eigenvalue weighted by molar-refractivity contribution is 0.0997. The molecule has 0 saturated heterocycles. The highest BCUT2D eigenvalue weighted by atomic mass is 16.5. The molecule has 0 radical (unpaired) electrons. The van der Waals surface area contributed by atoms with E-state index in [0.717, 1.165) is 0 Å². The van der Waals surface area contributed by atoms with E-state index in [9.17, 15) is 4.79 Å². The van der Waals surface area contributed by atoms with Crippen molar-refractivity contribution in [2.45, 2.75) is 20.4 Å². The summed E-state index contributed by atoms with van der Waals surface area (Å²) in [5, 5.41) is 3.03. The minimum Gasteiger partial charge on any atom is -0.488 e.